The molecule has 2 amide bonds. The highest BCUT2D eigenvalue weighted by Crippen LogP contribution is 2.17. The Morgan fingerprint density at radius 3 is 2.48 bits per heavy atom. The first-order chi connectivity index (χ1) is 10.6. The third kappa shape index (κ3) is 7.01. The Morgan fingerprint density at radius 1 is 1.22 bits per heavy atom. The summed E-state index contributed by atoms with van der Waals surface area (Å²) in [4.78, 5) is 23.6. The van der Waals surface area contributed by atoms with Gasteiger partial charge in [0.25, 0.3) is 0 Å². The molecule has 1 heterocycles. The first-order valence-corrected chi connectivity index (χ1v) is 7.98. The number of carbonyl (C=O) groups is 2. The van der Waals surface area contributed by atoms with Gasteiger partial charge in [0.2, 0.25) is 11.8 Å². The molecule has 23 heavy (non-hydrogen) atoms. The molecule has 1 unspecified atom stereocenters. The van der Waals surface area contributed by atoms with Crippen molar-refractivity contribution in [2.75, 3.05) is 13.1 Å². The van der Waals surface area contributed by atoms with Crippen molar-refractivity contribution in [3.8, 4) is 0 Å². The lowest BCUT2D eigenvalue weighted by Crippen LogP contribution is -2.46. The van der Waals surface area contributed by atoms with Gasteiger partial charge in [-0.1, -0.05) is 30.3 Å². The standard InChI is InChI=1S/C17H25N3O2.ClH/c18-17(22)15(12-14-4-2-1-3-5-14)20-16(21)7-6-13-8-10-19-11-9-13;/h1-5,13,15,19H,6-12H2,(H2,18,22)(H,20,21);1H. The monoisotopic (exact) mass is 339 g/mol. The molecule has 128 valence electrons. The predicted molar refractivity (Wildman–Crippen MR) is 93.3 cm³/mol. The lowest BCUT2D eigenvalue weighted by atomic mass is 9.93. The van der Waals surface area contributed by atoms with Crippen LogP contribution in [0.5, 0.6) is 0 Å². The molecule has 1 saturated heterocycles. The molecule has 0 aromatic heterocycles. The highest BCUT2D eigenvalue weighted by atomic mass is 35.5. The van der Waals surface area contributed by atoms with Gasteiger partial charge in [0.1, 0.15) is 6.04 Å². The molecule has 2 rings (SSSR count). The number of nitrogens with one attached hydrogen (secondary N) is 2. The van der Waals surface area contributed by atoms with Crippen LogP contribution in [0.2, 0.25) is 0 Å². The Hall–Kier alpha value is -1.59. The van der Waals surface area contributed by atoms with Crippen molar-refractivity contribution in [2.24, 2.45) is 11.7 Å². The SMILES string of the molecule is Cl.NC(=O)C(Cc1ccccc1)NC(=O)CCC1CCNCC1. The quantitative estimate of drug-likeness (QED) is 0.702. The zero-order valence-electron chi connectivity index (χ0n) is 13.3. The van der Waals surface area contributed by atoms with Crippen LogP contribution >= 0.6 is 12.4 Å². The van der Waals surface area contributed by atoms with E-state index in [1.807, 2.05) is 30.3 Å². The molecular weight excluding hydrogens is 314 g/mol. The van der Waals surface area contributed by atoms with Crippen molar-refractivity contribution in [2.45, 2.75) is 38.1 Å². The molecule has 0 radical (unpaired) electrons. The molecule has 1 fully saturated rings. The number of hydrogen-bond acceptors (Lipinski definition) is 3. The van der Waals surface area contributed by atoms with Gasteiger partial charge in [0.05, 0.1) is 0 Å². The summed E-state index contributed by atoms with van der Waals surface area (Å²) < 4.78 is 0. The Balaban J connectivity index is 0.00000264. The van der Waals surface area contributed by atoms with Gasteiger partial charge in [-0.2, -0.15) is 0 Å². The van der Waals surface area contributed by atoms with Crippen molar-refractivity contribution < 1.29 is 9.59 Å². The van der Waals surface area contributed by atoms with Gasteiger partial charge in [-0.3, -0.25) is 9.59 Å². The fourth-order valence-electron chi connectivity index (χ4n) is 2.84. The van der Waals surface area contributed by atoms with Crippen molar-refractivity contribution >= 4 is 24.2 Å². The fraction of sp³-hybridized carbons (Fsp3) is 0.529. The highest BCUT2D eigenvalue weighted by Gasteiger charge is 2.20. The average molecular weight is 340 g/mol. The van der Waals surface area contributed by atoms with Crippen LogP contribution in [-0.4, -0.2) is 30.9 Å². The van der Waals surface area contributed by atoms with Crippen LogP contribution < -0.4 is 16.4 Å². The zero-order valence-corrected chi connectivity index (χ0v) is 14.1. The summed E-state index contributed by atoms with van der Waals surface area (Å²) in [5.74, 6) is 0.0329. The molecule has 0 spiro atoms. The van der Waals surface area contributed by atoms with Gasteiger partial charge < -0.3 is 16.4 Å². The Bertz CT molecular complexity index is 490. The lowest BCUT2D eigenvalue weighted by Gasteiger charge is -2.22. The molecule has 6 heteroatoms. The number of hydrogen-bond donors (Lipinski definition) is 3. The van der Waals surface area contributed by atoms with E-state index in [4.69, 9.17) is 5.73 Å². The molecule has 1 aromatic rings. The summed E-state index contributed by atoms with van der Waals surface area (Å²) in [5, 5.41) is 6.09. The van der Waals surface area contributed by atoms with E-state index in [9.17, 15) is 9.59 Å². The molecule has 1 aliphatic rings. The molecule has 5 nitrogen and oxygen atoms in total. The number of benzene rings is 1. The third-order valence-electron chi connectivity index (χ3n) is 4.20. The first-order valence-electron chi connectivity index (χ1n) is 7.98. The second kappa shape index (κ2) is 10.2. The van der Waals surface area contributed by atoms with Crippen molar-refractivity contribution in [3.63, 3.8) is 0 Å². The van der Waals surface area contributed by atoms with Gasteiger partial charge in [0, 0.05) is 12.8 Å². The summed E-state index contributed by atoms with van der Waals surface area (Å²) >= 11 is 0. The number of halogens is 1. The molecule has 0 saturated carbocycles. The molecule has 1 atom stereocenters. The van der Waals surface area contributed by atoms with E-state index in [-0.39, 0.29) is 18.3 Å². The maximum absolute atomic E-state index is 12.1. The Morgan fingerprint density at radius 2 is 1.87 bits per heavy atom. The number of piperidine rings is 1. The molecule has 0 aliphatic carbocycles. The average Bonchev–Trinajstić information content (AvgIpc) is 2.54. The minimum atomic E-state index is -0.636. The van der Waals surface area contributed by atoms with E-state index in [0.29, 0.717) is 18.8 Å². The van der Waals surface area contributed by atoms with E-state index >= 15 is 0 Å². The maximum atomic E-state index is 12.1. The van der Waals surface area contributed by atoms with Crippen LogP contribution in [0.25, 0.3) is 0 Å². The van der Waals surface area contributed by atoms with Gasteiger partial charge in [-0.05, 0) is 43.8 Å². The highest BCUT2D eigenvalue weighted by molar-refractivity contribution is 5.86. The summed E-state index contributed by atoms with van der Waals surface area (Å²) in [6.07, 6.45) is 4.02. The first kappa shape index (κ1) is 19.5. The Kier molecular flexibility index (Phi) is 8.66. The van der Waals surface area contributed by atoms with Crippen LogP contribution in [-0.2, 0) is 16.0 Å². The lowest BCUT2D eigenvalue weighted by molar-refractivity contribution is -0.127. The Labute approximate surface area is 143 Å². The smallest absolute Gasteiger partial charge is 0.240 e. The second-order valence-electron chi connectivity index (χ2n) is 5.94. The number of nitrogens with two attached hydrogens (primary N) is 1. The van der Waals surface area contributed by atoms with E-state index in [2.05, 4.69) is 10.6 Å². The van der Waals surface area contributed by atoms with Crippen LogP contribution in [0, 0.1) is 5.92 Å². The van der Waals surface area contributed by atoms with E-state index < -0.39 is 11.9 Å². The van der Waals surface area contributed by atoms with Crippen LogP contribution in [0.3, 0.4) is 0 Å². The molecule has 1 aliphatic heterocycles. The van der Waals surface area contributed by atoms with Gasteiger partial charge in [-0.25, -0.2) is 0 Å². The largest absolute Gasteiger partial charge is 0.368 e. The van der Waals surface area contributed by atoms with Crippen molar-refractivity contribution in [1.82, 2.24) is 10.6 Å². The van der Waals surface area contributed by atoms with Crippen molar-refractivity contribution in [3.05, 3.63) is 35.9 Å². The fourth-order valence-corrected chi connectivity index (χ4v) is 2.84. The molecular formula is C17H26ClN3O2. The predicted octanol–water partition coefficient (Wildman–Crippen LogP) is 1.40. The van der Waals surface area contributed by atoms with Crippen LogP contribution in [0.4, 0.5) is 0 Å². The van der Waals surface area contributed by atoms with Gasteiger partial charge in [0.15, 0.2) is 0 Å². The van der Waals surface area contributed by atoms with Crippen molar-refractivity contribution in [1.29, 1.82) is 0 Å². The van der Waals surface area contributed by atoms with Gasteiger partial charge in [-0.15, -0.1) is 12.4 Å². The van der Waals surface area contributed by atoms with E-state index in [1.54, 1.807) is 0 Å². The number of primary amides is 1. The minimum Gasteiger partial charge on any atom is -0.368 e. The topological polar surface area (TPSA) is 84.2 Å². The summed E-state index contributed by atoms with van der Waals surface area (Å²) in [7, 11) is 0. The van der Waals surface area contributed by atoms with E-state index in [0.717, 1.165) is 37.9 Å². The van der Waals surface area contributed by atoms with Gasteiger partial charge >= 0.3 is 0 Å². The minimum absolute atomic E-state index is 0. The summed E-state index contributed by atoms with van der Waals surface area (Å²) in [6.45, 7) is 2.06. The zero-order chi connectivity index (χ0) is 15.8. The third-order valence-corrected chi connectivity index (χ3v) is 4.20. The molecule has 4 N–H and O–H groups in total. The molecule has 1 aromatic carbocycles. The van der Waals surface area contributed by atoms with Crippen LogP contribution in [0.15, 0.2) is 30.3 Å². The summed E-state index contributed by atoms with van der Waals surface area (Å²) in [5.41, 5.74) is 6.40. The second-order valence-corrected chi connectivity index (χ2v) is 5.94. The number of rotatable bonds is 7. The summed E-state index contributed by atoms with van der Waals surface area (Å²) in [6, 6.07) is 8.95. The number of carbonyl (C=O) groups excluding carboxylic acids is 2. The number of amides is 2. The van der Waals surface area contributed by atoms with Crippen LogP contribution in [0.1, 0.15) is 31.2 Å². The van der Waals surface area contributed by atoms with E-state index in [1.165, 1.54) is 0 Å². The maximum Gasteiger partial charge on any atom is 0.240 e. The molecule has 0 bridgehead atoms. The normalized spacial score (nSPS) is 16.2.